The van der Waals surface area contributed by atoms with E-state index in [4.69, 9.17) is 0 Å². The molecular weight excluding hydrogens is 171 g/mol. The van der Waals surface area contributed by atoms with Crippen LogP contribution < -0.4 is 0 Å². The van der Waals surface area contributed by atoms with Gasteiger partial charge in [0.05, 0.1) is 6.61 Å². The molecule has 1 aliphatic carbocycles. The van der Waals surface area contributed by atoms with Gasteiger partial charge in [0.1, 0.15) is 0 Å². The highest BCUT2D eigenvalue weighted by Gasteiger charge is 2.29. The highest BCUT2D eigenvalue weighted by atomic mass is 17.2. The number of rotatable bonds is 1. The summed E-state index contributed by atoms with van der Waals surface area (Å²) in [6, 6.07) is 0. The molecule has 0 aromatic heterocycles. The maximum absolute atomic E-state index is 11.3. The SMILES string of the molecule is O=C1C=CC(=O)C(C2[B]OOC2)=C1. The number of carbonyl (C=O) groups is 2. The summed E-state index contributed by atoms with van der Waals surface area (Å²) in [5.74, 6) is -0.550. The van der Waals surface area contributed by atoms with Crippen LogP contribution in [0.4, 0.5) is 0 Å². The van der Waals surface area contributed by atoms with E-state index in [1.165, 1.54) is 25.7 Å². The highest BCUT2D eigenvalue weighted by molar-refractivity contribution is 6.35. The molecule has 0 aromatic carbocycles. The largest absolute Gasteiger partial charge is 0.355 e. The number of ketones is 2. The smallest absolute Gasteiger partial charge is 0.310 e. The lowest BCUT2D eigenvalue weighted by Gasteiger charge is -2.09. The van der Waals surface area contributed by atoms with Crippen molar-refractivity contribution in [3.63, 3.8) is 0 Å². The van der Waals surface area contributed by atoms with Gasteiger partial charge in [-0.2, -0.15) is 0 Å². The van der Waals surface area contributed by atoms with E-state index in [-0.39, 0.29) is 17.4 Å². The summed E-state index contributed by atoms with van der Waals surface area (Å²) in [4.78, 5) is 31.4. The van der Waals surface area contributed by atoms with Crippen molar-refractivity contribution in [1.82, 2.24) is 0 Å². The van der Waals surface area contributed by atoms with Gasteiger partial charge in [0.15, 0.2) is 11.6 Å². The lowest BCUT2D eigenvalue weighted by molar-refractivity contribution is -0.182. The molecule has 0 aromatic rings. The van der Waals surface area contributed by atoms with Crippen molar-refractivity contribution in [3.8, 4) is 0 Å². The van der Waals surface area contributed by atoms with E-state index in [9.17, 15) is 9.59 Å². The Morgan fingerprint density at radius 3 is 2.92 bits per heavy atom. The zero-order valence-electron chi connectivity index (χ0n) is 6.73. The molecule has 0 N–H and O–H groups in total. The van der Waals surface area contributed by atoms with E-state index < -0.39 is 0 Å². The van der Waals surface area contributed by atoms with Crippen molar-refractivity contribution in [1.29, 1.82) is 0 Å². The molecule has 1 unspecified atom stereocenters. The minimum Gasteiger partial charge on any atom is -0.310 e. The van der Waals surface area contributed by atoms with E-state index >= 15 is 0 Å². The van der Waals surface area contributed by atoms with Crippen molar-refractivity contribution in [3.05, 3.63) is 23.8 Å². The molecule has 65 valence electrons. The predicted octanol–water partition coefficient (Wildman–Crippen LogP) is -0.00970. The normalized spacial score (nSPS) is 27.4. The minimum atomic E-state index is -0.221. The van der Waals surface area contributed by atoms with Gasteiger partial charge in [0.25, 0.3) is 0 Å². The first-order chi connectivity index (χ1) is 6.27. The Balaban J connectivity index is 2.21. The van der Waals surface area contributed by atoms with E-state index in [1.807, 2.05) is 0 Å². The molecule has 2 rings (SSSR count). The van der Waals surface area contributed by atoms with Crippen LogP contribution in [0.2, 0.25) is 5.82 Å². The van der Waals surface area contributed by atoms with Crippen molar-refractivity contribution < 1.29 is 19.3 Å². The van der Waals surface area contributed by atoms with Crippen LogP contribution in [0.25, 0.3) is 0 Å². The van der Waals surface area contributed by atoms with Crippen molar-refractivity contribution in [2.75, 3.05) is 6.61 Å². The van der Waals surface area contributed by atoms with E-state index in [0.29, 0.717) is 12.2 Å². The summed E-state index contributed by atoms with van der Waals surface area (Å²) in [7, 11) is 1.41. The molecule has 4 nitrogen and oxygen atoms in total. The van der Waals surface area contributed by atoms with Gasteiger partial charge in [-0.1, -0.05) is 0 Å². The van der Waals surface area contributed by atoms with E-state index in [0.717, 1.165) is 0 Å². The Morgan fingerprint density at radius 2 is 2.23 bits per heavy atom. The Morgan fingerprint density at radius 1 is 1.38 bits per heavy atom. The molecule has 2 aliphatic rings. The molecule has 1 radical (unpaired) electrons. The van der Waals surface area contributed by atoms with Gasteiger partial charge in [-0.3, -0.25) is 14.5 Å². The zero-order chi connectivity index (χ0) is 9.26. The van der Waals surface area contributed by atoms with Crippen LogP contribution in [0.1, 0.15) is 0 Å². The fraction of sp³-hybridized carbons (Fsp3) is 0.250. The fourth-order valence-corrected chi connectivity index (χ4v) is 1.24. The van der Waals surface area contributed by atoms with Crippen molar-refractivity contribution in [2.24, 2.45) is 0 Å². The summed E-state index contributed by atoms with van der Waals surface area (Å²) < 4.78 is 0. The molecular formula is C8H6BO4. The maximum Gasteiger partial charge on any atom is 0.355 e. The predicted molar refractivity (Wildman–Crippen MR) is 43.8 cm³/mol. The third-order valence-corrected chi connectivity index (χ3v) is 1.92. The summed E-state index contributed by atoms with van der Waals surface area (Å²) in [5.41, 5.74) is 0.435. The minimum absolute atomic E-state index is 0.157. The molecule has 5 heteroatoms. The first kappa shape index (κ1) is 8.41. The van der Waals surface area contributed by atoms with E-state index in [2.05, 4.69) is 9.69 Å². The number of hydrogen-bond acceptors (Lipinski definition) is 4. The van der Waals surface area contributed by atoms with Crippen molar-refractivity contribution >= 4 is 19.0 Å². The van der Waals surface area contributed by atoms with Crippen molar-refractivity contribution in [2.45, 2.75) is 5.82 Å². The Kier molecular flexibility index (Phi) is 2.12. The van der Waals surface area contributed by atoms with Crippen LogP contribution >= 0.6 is 0 Å². The average molecular weight is 177 g/mol. The lowest BCUT2D eigenvalue weighted by atomic mass is 9.73. The van der Waals surface area contributed by atoms with E-state index in [1.54, 1.807) is 0 Å². The Labute approximate surface area is 75.4 Å². The third-order valence-electron chi connectivity index (χ3n) is 1.92. The summed E-state index contributed by atoms with van der Waals surface area (Å²) >= 11 is 0. The van der Waals surface area contributed by atoms with Gasteiger partial charge in [-0.25, -0.2) is 0 Å². The fourth-order valence-electron chi connectivity index (χ4n) is 1.24. The van der Waals surface area contributed by atoms with Crippen LogP contribution in [0.5, 0.6) is 0 Å². The maximum atomic E-state index is 11.3. The lowest BCUT2D eigenvalue weighted by Crippen LogP contribution is -2.15. The summed E-state index contributed by atoms with van der Waals surface area (Å²) in [6.45, 7) is 0.290. The standard InChI is InChI=1S/C8H6BO4/c10-5-1-2-8(11)6(3-5)7-4-12-13-9-7/h1-3,7H,4H2. The van der Waals surface area contributed by atoms with Crippen LogP contribution in [0.15, 0.2) is 23.8 Å². The molecule has 13 heavy (non-hydrogen) atoms. The molecule has 0 bridgehead atoms. The van der Waals surface area contributed by atoms with Crippen LogP contribution in [-0.2, 0) is 19.3 Å². The van der Waals surface area contributed by atoms with Gasteiger partial charge in [0.2, 0.25) is 0 Å². The topological polar surface area (TPSA) is 52.6 Å². The zero-order valence-corrected chi connectivity index (χ0v) is 6.73. The highest BCUT2D eigenvalue weighted by Crippen LogP contribution is 2.25. The molecule has 1 fully saturated rings. The molecule has 0 saturated carbocycles. The van der Waals surface area contributed by atoms with Gasteiger partial charge in [-0.05, 0) is 18.2 Å². The molecule has 1 saturated heterocycles. The molecule has 0 amide bonds. The van der Waals surface area contributed by atoms with Crippen LogP contribution in [0, 0.1) is 0 Å². The second-order valence-electron chi connectivity index (χ2n) is 2.82. The number of carbonyl (C=O) groups excluding carboxylic acids is 2. The van der Waals surface area contributed by atoms with Crippen LogP contribution in [-0.4, -0.2) is 25.7 Å². The molecule has 1 atom stereocenters. The number of hydrogen-bond donors (Lipinski definition) is 0. The quantitative estimate of drug-likeness (QED) is 0.321. The van der Waals surface area contributed by atoms with Gasteiger partial charge in [-0.15, -0.1) is 0 Å². The first-order valence-electron chi connectivity index (χ1n) is 3.87. The monoisotopic (exact) mass is 177 g/mol. The second kappa shape index (κ2) is 3.28. The molecule has 1 heterocycles. The van der Waals surface area contributed by atoms with Gasteiger partial charge >= 0.3 is 7.48 Å². The molecule has 1 aliphatic heterocycles. The number of allylic oxidation sites excluding steroid dienone is 3. The van der Waals surface area contributed by atoms with Gasteiger partial charge in [0, 0.05) is 11.4 Å². The Hall–Kier alpha value is -1.20. The van der Waals surface area contributed by atoms with Crippen LogP contribution in [0.3, 0.4) is 0 Å². The summed E-state index contributed by atoms with van der Waals surface area (Å²) in [6.07, 6.45) is 3.84. The molecule has 0 spiro atoms. The Bertz CT molecular complexity index is 312. The summed E-state index contributed by atoms with van der Waals surface area (Å²) in [5, 5.41) is 0. The first-order valence-corrected chi connectivity index (χ1v) is 3.87. The van der Waals surface area contributed by atoms with Gasteiger partial charge < -0.3 is 4.81 Å². The third kappa shape index (κ3) is 1.61. The average Bonchev–Trinajstić information content (AvgIpc) is 2.61. The second-order valence-corrected chi connectivity index (χ2v) is 2.82.